The van der Waals surface area contributed by atoms with Crippen LogP contribution in [0.15, 0.2) is 53.5 Å². The first-order chi connectivity index (χ1) is 13.1. The highest BCUT2D eigenvalue weighted by Gasteiger charge is 2.31. The summed E-state index contributed by atoms with van der Waals surface area (Å²) >= 11 is 7.47. The number of nitrogens with one attached hydrogen (secondary N) is 1. The van der Waals surface area contributed by atoms with Crippen molar-refractivity contribution in [1.82, 2.24) is 0 Å². The number of nitrogens with zero attached hydrogens (tertiary/aromatic N) is 1. The maximum atomic E-state index is 14.1. The molecule has 0 spiro atoms. The first-order valence-corrected chi connectivity index (χ1v) is 9.42. The molecule has 1 atom stereocenters. The molecule has 1 aliphatic heterocycles. The summed E-state index contributed by atoms with van der Waals surface area (Å²) in [5.41, 5.74) is 1.93. The Balaban J connectivity index is 1.61. The number of benzene rings is 2. The molecule has 136 valence electrons. The molecule has 0 saturated carbocycles. The molecule has 4 nitrogen and oxygen atoms in total. The number of methoxy groups -OCH3 is 1. The molecule has 1 aliphatic rings. The van der Waals surface area contributed by atoms with Crippen LogP contribution in [0.3, 0.4) is 0 Å². The third-order valence-electron chi connectivity index (χ3n) is 4.37. The molecule has 1 unspecified atom stereocenters. The van der Waals surface area contributed by atoms with Gasteiger partial charge in [0.15, 0.2) is 11.2 Å². The Bertz CT molecular complexity index is 1030. The van der Waals surface area contributed by atoms with E-state index in [1.165, 1.54) is 23.7 Å². The molecule has 27 heavy (non-hydrogen) atoms. The van der Waals surface area contributed by atoms with Gasteiger partial charge in [-0.3, -0.25) is 0 Å². The summed E-state index contributed by atoms with van der Waals surface area (Å²) in [5, 5.41) is 0.305. The normalized spacial score (nSPS) is 15.7. The molecule has 1 aromatic heterocycles. The predicted octanol–water partition coefficient (Wildman–Crippen LogP) is 4.11. The van der Waals surface area contributed by atoms with Crippen LogP contribution >= 0.6 is 22.9 Å². The third kappa shape index (κ3) is 3.39. The Labute approximate surface area is 164 Å². The largest absolute Gasteiger partial charge is 0.497 e. The van der Waals surface area contributed by atoms with Crippen molar-refractivity contribution in [3.05, 3.63) is 69.8 Å². The number of fused-ring (bicyclic) bond motifs is 1. The van der Waals surface area contributed by atoms with Gasteiger partial charge in [-0.15, -0.1) is 11.3 Å². The van der Waals surface area contributed by atoms with Gasteiger partial charge in [-0.1, -0.05) is 17.7 Å². The summed E-state index contributed by atoms with van der Waals surface area (Å²) in [4.78, 5) is 19.2. The Morgan fingerprint density at radius 1 is 1.22 bits per heavy atom. The van der Waals surface area contributed by atoms with Gasteiger partial charge >= 0.3 is 5.91 Å². The van der Waals surface area contributed by atoms with Gasteiger partial charge in [0.2, 0.25) is 0 Å². The number of rotatable bonds is 4. The SMILES string of the molecule is COc1ccc(-c2cc3c(s2)C(=O)[NH+](Cc2c(F)cccc2Cl)C=N3)cc1. The van der Waals surface area contributed by atoms with Crippen LogP contribution in [0, 0.1) is 5.82 Å². The highest BCUT2D eigenvalue weighted by Crippen LogP contribution is 2.37. The number of carbonyl (C=O) groups is 1. The average molecular weight is 402 g/mol. The lowest BCUT2D eigenvalue weighted by molar-refractivity contribution is -0.721. The molecule has 7 heteroatoms. The fourth-order valence-corrected chi connectivity index (χ4v) is 4.22. The van der Waals surface area contributed by atoms with Gasteiger partial charge in [-0.25, -0.2) is 19.1 Å². The van der Waals surface area contributed by atoms with E-state index in [1.54, 1.807) is 19.2 Å². The van der Waals surface area contributed by atoms with Gasteiger partial charge in [-0.2, -0.15) is 0 Å². The van der Waals surface area contributed by atoms with Gasteiger partial charge < -0.3 is 4.74 Å². The number of ether oxygens (including phenoxy) is 1. The number of hydrogen-bond acceptors (Lipinski definition) is 4. The highest BCUT2D eigenvalue weighted by atomic mass is 35.5. The van der Waals surface area contributed by atoms with Crippen LogP contribution < -0.4 is 9.64 Å². The second-order valence-electron chi connectivity index (χ2n) is 6.04. The Morgan fingerprint density at radius 2 is 2.00 bits per heavy atom. The van der Waals surface area contributed by atoms with Crippen molar-refractivity contribution in [3.8, 4) is 16.2 Å². The lowest BCUT2D eigenvalue weighted by Gasteiger charge is -2.15. The van der Waals surface area contributed by atoms with E-state index < -0.39 is 5.82 Å². The van der Waals surface area contributed by atoms with Gasteiger partial charge in [0.1, 0.15) is 18.1 Å². The van der Waals surface area contributed by atoms with Crippen LogP contribution in [0.5, 0.6) is 5.75 Å². The molecule has 4 rings (SSSR count). The zero-order chi connectivity index (χ0) is 19.0. The molecular formula is C20H15ClFN2O2S+. The number of carbonyl (C=O) groups excluding carboxylic acids is 1. The van der Waals surface area contributed by atoms with Crippen molar-refractivity contribution in [3.63, 3.8) is 0 Å². The molecule has 0 radical (unpaired) electrons. The monoisotopic (exact) mass is 401 g/mol. The quantitative estimate of drug-likeness (QED) is 0.714. The van der Waals surface area contributed by atoms with Crippen molar-refractivity contribution in [2.45, 2.75) is 6.54 Å². The Morgan fingerprint density at radius 3 is 2.70 bits per heavy atom. The second-order valence-corrected chi connectivity index (χ2v) is 7.50. The molecule has 3 aromatic rings. The molecule has 0 saturated heterocycles. The third-order valence-corrected chi connectivity index (χ3v) is 5.90. The first-order valence-electron chi connectivity index (χ1n) is 8.22. The number of amides is 1. The number of halogens is 2. The second kappa shape index (κ2) is 7.23. The lowest BCUT2D eigenvalue weighted by Crippen LogP contribution is -3.12. The van der Waals surface area contributed by atoms with Crippen molar-refractivity contribution < 1.29 is 18.8 Å². The molecule has 1 N–H and O–H groups in total. The van der Waals surface area contributed by atoms with Crippen molar-refractivity contribution in [2.24, 2.45) is 4.99 Å². The maximum absolute atomic E-state index is 14.1. The zero-order valence-corrected chi connectivity index (χ0v) is 15.9. The number of thiophene rings is 1. The molecular weight excluding hydrogens is 387 g/mol. The number of aliphatic imine (C=N–C) groups is 1. The smallest absolute Gasteiger partial charge is 0.362 e. The maximum Gasteiger partial charge on any atom is 0.362 e. The molecule has 2 aromatic carbocycles. The fraction of sp³-hybridized carbons (Fsp3) is 0.100. The van der Waals surface area contributed by atoms with E-state index in [0.717, 1.165) is 16.2 Å². The predicted molar refractivity (Wildman–Crippen MR) is 105 cm³/mol. The van der Waals surface area contributed by atoms with Crippen LogP contribution in [0.4, 0.5) is 10.1 Å². The summed E-state index contributed by atoms with van der Waals surface area (Å²) in [5.74, 6) is 0.211. The van der Waals surface area contributed by atoms with Crippen molar-refractivity contribution in [2.75, 3.05) is 7.11 Å². The summed E-state index contributed by atoms with van der Waals surface area (Å²) in [6.07, 6.45) is 1.51. The summed E-state index contributed by atoms with van der Waals surface area (Å²) < 4.78 is 19.2. The zero-order valence-electron chi connectivity index (χ0n) is 14.3. The van der Waals surface area contributed by atoms with Crippen LogP contribution in [0.1, 0.15) is 15.2 Å². The first kappa shape index (κ1) is 17.9. The van der Waals surface area contributed by atoms with Gasteiger partial charge in [0.05, 0.1) is 23.4 Å². The Kier molecular flexibility index (Phi) is 4.78. The topological polar surface area (TPSA) is 43.1 Å². The van der Waals surface area contributed by atoms with E-state index >= 15 is 0 Å². The van der Waals surface area contributed by atoms with E-state index in [1.807, 2.05) is 30.3 Å². The molecule has 2 heterocycles. The van der Waals surface area contributed by atoms with E-state index in [4.69, 9.17) is 16.3 Å². The highest BCUT2D eigenvalue weighted by molar-refractivity contribution is 7.18. The van der Waals surface area contributed by atoms with Crippen LogP contribution in [-0.2, 0) is 6.54 Å². The minimum absolute atomic E-state index is 0.114. The van der Waals surface area contributed by atoms with Crippen molar-refractivity contribution in [1.29, 1.82) is 0 Å². The van der Waals surface area contributed by atoms with Gasteiger partial charge in [0, 0.05) is 4.88 Å². The average Bonchev–Trinajstić information content (AvgIpc) is 3.12. The minimum atomic E-state index is -0.424. The van der Waals surface area contributed by atoms with E-state index in [0.29, 0.717) is 26.1 Å². The van der Waals surface area contributed by atoms with Gasteiger partial charge in [-0.05, 0) is 48.0 Å². The molecule has 0 aliphatic carbocycles. The van der Waals surface area contributed by atoms with Crippen LogP contribution in [0.25, 0.3) is 10.4 Å². The van der Waals surface area contributed by atoms with E-state index in [9.17, 15) is 9.18 Å². The Hall–Kier alpha value is -2.54. The lowest BCUT2D eigenvalue weighted by atomic mass is 10.1. The fourth-order valence-electron chi connectivity index (χ4n) is 2.91. The molecule has 0 fully saturated rings. The van der Waals surface area contributed by atoms with E-state index in [2.05, 4.69) is 4.99 Å². The van der Waals surface area contributed by atoms with E-state index in [-0.39, 0.29) is 12.5 Å². The molecule has 0 bridgehead atoms. The number of hydrogen-bond donors (Lipinski definition) is 1. The van der Waals surface area contributed by atoms with Gasteiger partial charge in [0.25, 0.3) is 0 Å². The summed E-state index contributed by atoms with van der Waals surface area (Å²) in [6.45, 7) is 0.114. The summed E-state index contributed by atoms with van der Waals surface area (Å²) in [7, 11) is 1.62. The molecule has 1 amide bonds. The standard InChI is InChI=1S/C20H14ClFN2O2S/c1-26-13-7-5-12(6-8-13)18-9-17-19(27-18)20(25)24(11-23-17)10-14-15(21)3-2-4-16(14)22/h2-9,11H,10H2,1H3/p+1. The minimum Gasteiger partial charge on any atom is -0.497 e. The summed E-state index contributed by atoms with van der Waals surface area (Å²) in [6, 6.07) is 14.0. The van der Waals surface area contributed by atoms with Crippen LogP contribution in [0.2, 0.25) is 5.02 Å². The number of quaternary nitrogens is 1. The van der Waals surface area contributed by atoms with Crippen molar-refractivity contribution >= 4 is 40.9 Å². The van der Waals surface area contributed by atoms with Crippen LogP contribution in [-0.4, -0.2) is 19.4 Å².